The van der Waals surface area contributed by atoms with Crippen LogP contribution in [0.4, 0.5) is 13.2 Å². The molecule has 3 atom stereocenters. The van der Waals surface area contributed by atoms with Gasteiger partial charge in [-0.05, 0) is 38.7 Å². The highest BCUT2D eigenvalue weighted by molar-refractivity contribution is 5.16. The molecular weight excluding hydrogens is 409 g/mol. The van der Waals surface area contributed by atoms with E-state index in [4.69, 9.17) is 4.74 Å². The molecule has 6 nitrogen and oxygen atoms in total. The molecular formula is C22H29F3N4O2. The zero-order valence-corrected chi connectivity index (χ0v) is 17.7. The van der Waals surface area contributed by atoms with Gasteiger partial charge in [0, 0.05) is 24.2 Å². The second-order valence-corrected chi connectivity index (χ2v) is 8.53. The monoisotopic (exact) mass is 438 g/mol. The molecule has 2 fully saturated rings. The molecule has 2 bridgehead atoms. The summed E-state index contributed by atoms with van der Waals surface area (Å²) >= 11 is 0. The molecule has 0 amide bonds. The van der Waals surface area contributed by atoms with Crippen molar-refractivity contribution in [2.75, 3.05) is 13.2 Å². The van der Waals surface area contributed by atoms with Crippen LogP contribution in [0.3, 0.4) is 0 Å². The number of hydrogen-bond acceptors (Lipinski definition) is 4. The number of hydrogen-bond donors (Lipinski definition) is 0. The minimum absolute atomic E-state index is 0.0353. The Labute approximate surface area is 179 Å². The molecule has 2 aromatic rings. The Bertz CT molecular complexity index is 933. The first-order valence-corrected chi connectivity index (χ1v) is 10.9. The summed E-state index contributed by atoms with van der Waals surface area (Å²) in [5, 5.41) is 4.08. The maximum atomic E-state index is 14.9. The van der Waals surface area contributed by atoms with Gasteiger partial charge < -0.3 is 4.74 Å². The van der Waals surface area contributed by atoms with Gasteiger partial charge in [-0.25, -0.2) is 22.6 Å². The van der Waals surface area contributed by atoms with Gasteiger partial charge in [-0.2, -0.15) is 5.10 Å². The van der Waals surface area contributed by atoms with Crippen LogP contribution in [0.5, 0.6) is 0 Å². The molecule has 170 valence electrons. The van der Waals surface area contributed by atoms with E-state index in [0.29, 0.717) is 11.4 Å². The highest BCUT2D eigenvalue weighted by Gasteiger charge is 2.42. The Morgan fingerprint density at radius 1 is 1.19 bits per heavy atom. The van der Waals surface area contributed by atoms with Crippen molar-refractivity contribution in [3.63, 3.8) is 0 Å². The van der Waals surface area contributed by atoms with Crippen LogP contribution in [-0.2, 0) is 24.4 Å². The van der Waals surface area contributed by atoms with Gasteiger partial charge in [0.15, 0.2) is 0 Å². The average molecular weight is 438 g/mol. The lowest BCUT2D eigenvalue weighted by Gasteiger charge is -2.39. The molecule has 0 spiro atoms. The number of alkyl halides is 2. The Morgan fingerprint density at radius 3 is 2.58 bits per heavy atom. The van der Waals surface area contributed by atoms with Crippen molar-refractivity contribution < 1.29 is 17.9 Å². The van der Waals surface area contributed by atoms with Gasteiger partial charge in [0.25, 0.3) is 0 Å². The fourth-order valence-corrected chi connectivity index (χ4v) is 4.97. The highest BCUT2D eigenvalue weighted by atomic mass is 19.1. The van der Waals surface area contributed by atoms with Gasteiger partial charge in [-0.3, -0.25) is 9.47 Å². The molecule has 0 radical (unpaired) electrons. The summed E-state index contributed by atoms with van der Waals surface area (Å²) < 4.78 is 49.6. The third-order valence-corrected chi connectivity index (χ3v) is 6.47. The summed E-state index contributed by atoms with van der Waals surface area (Å²) in [6, 6.07) is 7.07. The van der Waals surface area contributed by atoms with Gasteiger partial charge in [-0.1, -0.05) is 18.2 Å². The molecule has 9 heteroatoms. The minimum atomic E-state index is -1.25. The number of fused-ring (bicyclic) bond motifs is 2. The van der Waals surface area contributed by atoms with Crippen LogP contribution in [0.15, 0.2) is 29.1 Å². The topological polar surface area (TPSA) is 52.3 Å². The molecule has 1 aromatic carbocycles. The zero-order valence-electron chi connectivity index (χ0n) is 17.7. The number of piperidine rings is 1. The van der Waals surface area contributed by atoms with Crippen molar-refractivity contribution in [1.29, 1.82) is 0 Å². The van der Waals surface area contributed by atoms with E-state index in [-0.39, 0.29) is 50.2 Å². The minimum Gasteiger partial charge on any atom is -0.373 e. The predicted octanol–water partition coefficient (Wildman–Crippen LogP) is 3.01. The van der Waals surface area contributed by atoms with Gasteiger partial charge in [0.2, 0.25) is 0 Å². The number of rotatable bonds is 9. The maximum absolute atomic E-state index is 14.9. The third kappa shape index (κ3) is 4.87. The first kappa shape index (κ1) is 22.1. The van der Waals surface area contributed by atoms with Crippen molar-refractivity contribution in [3.8, 4) is 0 Å². The van der Waals surface area contributed by atoms with Gasteiger partial charge >= 0.3 is 5.69 Å². The average Bonchev–Trinajstić information content (AvgIpc) is 3.12. The molecule has 2 aliphatic rings. The van der Waals surface area contributed by atoms with E-state index in [9.17, 15) is 18.0 Å². The molecule has 0 aliphatic carbocycles. The first-order chi connectivity index (χ1) is 15.0. The molecule has 31 heavy (non-hydrogen) atoms. The Kier molecular flexibility index (Phi) is 6.81. The highest BCUT2D eigenvalue weighted by Crippen LogP contribution is 2.37. The molecule has 4 rings (SSSR count). The predicted molar refractivity (Wildman–Crippen MR) is 110 cm³/mol. The van der Waals surface area contributed by atoms with Crippen LogP contribution in [-0.4, -0.2) is 56.8 Å². The van der Waals surface area contributed by atoms with E-state index in [2.05, 4.69) is 10.00 Å². The van der Waals surface area contributed by atoms with Crippen LogP contribution in [0.25, 0.3) is 0 Å². The molecule has 3 unspecified atom stereocenters. The summed E-state index contributed by atoms with van der Waals surface area (Å²) in [6.07, 6.45) is 2.35. The van der Waals surface area contributed by atoms with Crippen LogP contribution in [0, 0.1) is 12.7 Å². The number of nitrogens with zero attached hydrogens (tertiary/aromatic N) is 4. The number of ether oxygens (including phenoxy) is 1. The summed E-state index contributed by atoms with van der Waals surface area (Å²) in [6.45, 7) is 1.23. The zero-order chi connectivity index (χ0) is 22.0. The SMILES string of the molecule is Cc1nn(CC(F)CN2C3CCC2CC(OCc2ccccc2F)C3)c(=O)n1CCF. The van der Waals surface area contributed by atoms with E-state index in [1.54, 1.807) is 25.1 Å². The summed E-state index contributed by atoms with van der Waals surface area (Å²) in [4.78, 5) is 14.5. The number of aryl methyl sites for hydroxylation is 1. The first-order valence-electron chi connectivity index (χ1n) is 10.9. The van der Waals surface area contributed by atoms with Crippen molar-refractivity contribution in [2.45, 2.75) is 76.7 Å². The van der Waals surface area contributed by atoms with Crippen LogP contribution >= 0.6 is 0 Å². The molecule has 1 aromatic heterocycles. The molecule has 2 aliphatic heterocycles. The van der Waals surface area contributed by atoms with Crippen molar-refractivity contribution in [3.05, 3.63) is 52.0 Å². The second kappa shape index (κ2) is 9.56. The normalized spacial score (nSPS) is 24.6. The lowest BCUT2D eigenvalue weighted by atomic mass is 9.99. The number of halogens is 3. The molecule has 0 N–H and O–H groups in total. The molecule has 3 heterocycles. The summed E-state index contributed by atoms with van der Waals surface area (Å²) in [5.74, 6) is 0.130. The van der Waals surface area contributed by atoms with Crippen LogP contribution in [0.2, 0.25) is 0 Å². The maximum Gasteiger partial charge on any atom is 0.346 e. The largest absolute Gasteiger partial charge is 0.373 e. The summed E-state index contributed by atoms with van der Waals surface area (Å²) in [5.41, 5.74) is 0.0788. The summed E-state index contributed by atoms with van der Waals surface area (Å²) in [7, 11) is 0. The van der Waals surface area contributed by atoms with E-state index in [1.807, 2.05) is 0 Å². The Balaban J connectivity index is 1.31. The van der Waals surface area contributed by atoms with Crippen LogP contribution < -0.4 is 5.69 Å². The third-order valence-electron chi connectivity index (χ3n) is 6.47. The van der Waals surface area contributed by atoms with E-state index >= 15 is 0 Å². The molecule has 2 saturated heterocycles. The van der Waals surface area contributed by atoms with Crippen molar-refractivity contribution in [2.24, 2.45) is 0 Å². The quantitative estimate of drug-likeness (QED) is 0.604. The number of benzene rings is 1. The van der Waals surface area contributed by atoms with Gasteiger partial charge in [0.1, 0.15) is 24.5 Å². The second-order valence-electron chi connectivity index (χ2n) is 8.53. The molecule has 0 saturated carbocycles. The Hall–Kier alpha value is -2.13. The fraction of sp³-hybridized carbons (Fsp3) is 0.636. The van der Waals surface area contributed by atoms with Gasteiger partial charge in [-0.15, -0.1) is 0 Å². The number of aromatic nitrogens is 3. The van der Waals surface area contributed by atoms with Gasteiger partial charge in [0.05, 0.1) is 25.8 Å². The lowest BCUT2D eigenvalue weighted by molar-refractivity contribution is -0.0349. The Morgan fingerprint density at radius 2 is 1.90 bits per heavy atom. The van der Waals surface area contributed by atoms with E-state index in [0.717, 1.165) is 30.4 Å². The van der Waals surface area contributed by atoms with Crippen molar-refractivity contribution >= 4 is 0 Å². The van der Waals surface area contributed by atoms with E-state index < -0.39 is 18.5 Å². The van der Waals surface area contributed by atoms with Crippen molar-refractivity contribution in [1.82, 2.24) is 19.2 Å². The lowest BCUT2D eigenvalue weighted by Crippen LogP contribution is -2.48. The van der Waals surface area contributed by atoms with Crippen LogP contribution in [0.1, 0.15) is 37.1 Å². The fourth-order valence-electron chi connectivity index (χ4n) is 4.97. The smallest absolute Gasteiger partial charge is 0.346 e. The van der Waals surface area contributed by atoms with E-state index in [1.165, 1.54) is 10.6 Å². The standard InChI is InChI=1S/C22H29F3N4O2/c1-15-26-29(22(30)27(15)9-8-23)13-17(24)12-28-18-6-7-19(28)11-20(10-18)31-14-16-4-2-3-5-21(16)25/h2-5,17-20H,6-14H2,1H3.